The van der Waals surface area contributed by atoms with Crippen molar-refractivity contribution in [3.63, 3.8) is 0 Å². The lowest BCUT2D eigenvalue weighted by atomic mass is 9.93. The molecule has 1 aromatic carbocycles. The molecule has 74 heavy (non-hydrogen) atoms. The average molecular weight is 1040 g/mol. The smallest absolute Gasteiger partial charge is 0.243 e. The zero-order chi connectivity index (χ0) is 55.2. The minimum Gasteiger partial charge on any atom is -0.393 e. The number of aliphatic hydroxyl groups is 1. The van der Waals surface area contributed by atoms with E-state index in [0.29, 0.717) is 12.0 Å². The standard InChI is InChI=1S/C52H90N12O10/c1-6-7-8-9-13-16-36(65)31-37(66)30-35(17-22-53)45(67)58-41-21-26-57-46(68)42(27-32(2)3)62-48(70)39(19-24-55)59-47(69)38(18-23-54)61-51(73)43(28-33(4)5)63-52(74)44(29-34-14-11-10-12-15-34)64-49(71)40(20-25-56)60-50(41)72/h10-12,14-15,32-33,35-36,38-44,65H,6-9,13,16-31,53-56H2,1-5H3,(H,57,68)(H,58,67)(H,59,69)(H,60,72)(H,61,73)(H,62,70)(H,63,74)(H,64,71)/t35-,36+,38-,39-,40-,41-,42-,43-,44+/m0/s1. The van der Waals surface area contributed by atoms with Crippen LogP contribution in [0.4, 0.5) is 0 Å². The maximum atomic E-state index is 14.4. The fourth-order valence-corrected chi connectivity index (χ4v) is 8.66. The highest BCUT2D eigenvalue weighted by Crippen LogP contribution is 2.17. The second-order valence-corrected chi connectivity index (χ2v) is 20.3. The first-order valence-corrected chi connectivity index (χ1v) is 26.7. The summed E-state index contributed by atoms with van der Waals surface area (Å²) < 4.78 is 0. The van der Waals surface area contributed by atoms with Crippen LogP contribution in [0.2, 0.25) is 0 Å². The Kier molecular flexibility index (Phi) is 31.1. The molecule has 0 aliphatic carbocycles. The van der Waals surface area contributed by atoms with Crippen LogP contribution in [0.3, 0.4) is 0 Å². The lowest BCUT2D eigenvalue weighted by Gasteiger charge is -2.28. The Morgan fingerprint density at radius 1 is 0.581 bits per heavy atom. The van der Waals surface area contributed by atoms with E-state index in [2.05, 4.69) is 49.5 Å². The number of benzene rings is 1. The summed E-state index contributed by atoms with van der Waals surface area (Å²) >= 11 is 0. The van der Waals surface area contributed by atoms with Crippen LogP contribution < -0.4 is 65.5 Å². The summed E-state index contributed by atoms with van der Waals surface area (Å²) in [6.45, 7) is 9.03. The zero-order valence-electron chi connectivity index (χ0n) is 44.5. The molecular weight excluding hydrogens is 953 g/mol. The maximum Gasteiger partial charge on any atom is 0.243 e. The number of carbonyl (C=O) groups excluding carboxylic acids is 9. The number of carbonyl (C=O) groups is 9. The molecule has 1 aliphatic heterocycles. The van der Waals surface area contributed by atoms with Gasteiger partial charge in [0.15, 0.2) is 0 Å². The Balaban J connectivity index is 2.68. The predicted octanol–water partition coefficient (Wildman–Crippen LogP) is -0.683. The van der Waals surface area contributed by atoms with E-state index in [0.717, 1.165) is 32.1 Å². The van der Waals surface area contributed by atoms with Crippen LogP contribution in [0.15, 0.2) is 30.3 Å². The molecule has 17 N–H and O–H groups in total. The molecule has 22 heteroatoms. The van der Waals surface area contributed by atoms with Gasteiger partial charge in [0, 0.05) is 31.7 Å². The summed E-state index contributed by atoms with van der Waals surface area (Å²) in [7, 11) is 0. The number of unbranched alkanes of at least 4 members (excludes halogenated alkanes) is 4. The van der Waals surface area contributed by atoms with Crippen molar-refractivity contribution >= 4 is 53.0 Å². The van der Waals surface area contributed by atoms with E-state index in [1.807, 2.05) is 27.7 Å². The molecule has 0 saturated carbocycles. The van der Waals surface area contributed by atoms with Crippen molar-refractivity contribution in [1.82, 2.24) is 42.5 Å². The van der Waals surface area contributed by atoms with Gasteiger partial charge in [-0.05, 0) is 94.9 Å². The molecule has 2 rings (SSSR count). The summed E-state index contributed by atoms with van der Waals surface area (Å²) in [6, 6.07) is -0.217. The van der Waals surface area contributed by atoms with E-state index in [9.17, 15) is 48.3 Å². The van der Waals surface area contributed by atoms with E-state index >= 15 is 0 Å². The Morgan fingerprint density at radius 2 is 1.04 bits per heavy atom. The first-order chi connectivity index (χ1) is 35.3. The lowest BCUT2D eigenvalue weighted by Crippen LogP contribution is -2.60. The summed E-state index contributed by atoms with van der Waals surface area (Å²) in [4.78, 5) is 126. The molecule has 0 bridgehead atoms. The number of hydrogen-bond acceptors (Lipinski definition) is 14. The molecule has 1 aliphatic rings. The second-order valence-electron chi connectivity index (χ2n) is 20.3. The second kappa shape index (κ2) is 35.6. The van der Waals surface area contributed by atoms with Crippen molar-refractivity contribution < 1.29 is 48.3 Å². The zero-order valence-corrected chi connectivity index (χ0v) is 44.5. The van der Waals surface area contributed by atoms with Gasteiger partial charge in [0.25, 0.3) is 0 Å². The quantitative estimate of drug-likeness (QED) is 0.0512. The molecule has 1 heterocycles. The van der Waals surface area contributed by atoms with Gasteiger partial charge in [0.2, 0.25) is 47.3 Å². The van der Waals surface area contributed by atoms with Gasteiger partial charge < -0.3 is 70.6 Å². The van der Waals surface area contributed by atoms with Crippen LogP contribution >= 0.6 is 0 Å². The number of amides is 8. The van der Waals surface area contributed by atoms with Gasteiger partial charge in [-0.3, -0.25) is 43.2 Å². The van der Waals surface area contributed by atoms with Crippen LogP contribution in [-0.4, -0.2) is 139 Å². The first kappa shape index (κ1) is 64.6. The molecule has 8 amide bonds. The van der Waals surface area contributed by atoms with Gasteiger partial charge in [-0.1, -0.05) is 97.1 Å². The van der Waals surface area contributed by atoms with E-state index in [1.165, 1.54) is 0 Å². The number of nitrogens with one attached hydrogen (secondary N) is 8. The fourth-order valence-electron chi connectivity index (χ4n) is 8.66. The third-order valence-corrected chi connectivity index (χ3v) is 12.7. The molecule has 0 radical (unpaired) electrons. The first-order valence-electron chi connectivity index (χ1n) is 26.7. The van der Waals surface area contributed by atoms with Gasteiger partial charge >= 0.3 is 0 Å². The van der Waals surface area contributed by atoms with Crippen molar-refractivity contribution in [2.24, 2.45) is 40.7 Å². The maximum absolute atomic E-state index is 14.4. The van der Waals surface area contributed by atoms with E-state index in [-0.39, 0.29) is 115 Å². The molecule has 22 nitrogen and oxygen atoms in total. The number of Topliss-reactive ketones (excluding diaryl/α,β-unsaturated/α-hetero) is 1. The molecule has 0 unspecified atom stereocenters. The number of aliphatic hydroxyl groups excluding tert-OH is 1. The average Bonchev–Trinajstić information content (AvgIpc) is 3.34. The van der Waals surface area contributed by atoms with E-state index < -0.39 is 102 Å². The molecule has 9 atom stereocenters. The monoisotopic (exact) mass is 1040 g/mol. The largest absolute Gasteiger partial charge is 0.393 e. The Hall–Kier alpha value is -5.55. The van der Waals surface area contributed by atoms with Gasteiger partial charge in [0.1, 0.15) is 48.1 Å². The number of nitrogens with two attached hydrogens (primary N) is 4. The summed E-state index contributed by atoms with van der Waals surface area (Å²) in [6.07, 6.45) is 3.80. The normalized spacial score (nSPS) is 23.1. The fraction of sp³-hybridized carbons (Fsp3) is 0.712. The number of hydrogen-bond donors (Lipinski definition) is 13. The third-order valence-electron chi connectivity index (χ3n) is 12.7. The van der Waals surface area contributed by atoms with Crippen molar-refractivity contribution in [2.75, 3.05) is 32.7 Å². The van der Waals surface area contributed by atoms with Crippen LogP contribution in [0.25, 0.3) is 0 Å². The summed E-state index contributed by atoms with van der Waals surface area (Å²) in [5.74, 6) is -7.62. The third kappa shape index (κ3) is 24.7. The molecule has 0 spiro atoms. The summed E-state index contributed by atoms with van der Waals surface area (Å²) in [5, 5.41) is 32.3. The highest BCUT2D eigenvalue weighted by atomic mass is 16.3. The minimum atomic E-state index is -1.43. The van der Waals surface area contributed by atoms with Gasteiger partial charge in [-0.15, -0.1) is 0 Å². The Bertz CT molecular complexity index is 1920. The van der Waals surface area contributed by atoms with Crippen LogP contribution in [0.1, 0.15) is 136 Å². The highest BCUT2D eigenvalue weighted by Gasteiger charge is 2.35. The van der Waals surface area contributed by atoms with E-state index in [4.69, 9.17) is 22.9 Å². The van der Waals surface area contributed by atoms with Crippen molar-refractivity contribution in [3.8, 4) is 0 Å². The van der Waals surface area contributed by atoms with Crippen molar-refractivity contribution in [1.29, 1.82) is 0 Å². The minimum absolute atomic E-state index is 0.0185. The molecule has 1 saturated heterocycles. The molecule has 1 aromatic rings. The molecule has 0 aromatic heterocycles. The molecule has 418 valence electrons. The molecule has 1 fully saturated rings. The number of rotatable bonds is 26. The number of ketones is 1. The van der Waals surface area contributed by atoms with Gasteiger partial charge in [-0.25, -0.2) is 0 Å². The van der Waals surface area contributed by atoms with Crippen molar-refractivity contribution in [3.05, 3.63) is 35.9 Å². The van der Waals surface area contributed by atoms with Gasteiger partial charge in [-0.2, -0.15) is 0 Å². The highest BCUT2D eigenvalue weighted by molar-refractivity contribution is 5.98. The predicted molar refractivity (Wildman–Crippen MR) is 282 cm³/mol. The van der Waals surface area contributed by atoms with Crippen LogP contribution in [0, 0.1) is 17.8 Å². The summed E-state index contributed by atoms with van der Waals surface area (Å²) in [5.41, 5.74) is 24.3. The van der Waals surface area contributed by atoms with Gasteiger partial charge in [0.05, 0.1) is 6.10 Å². The lowest BCUT2D eigenvalue weighted by molar-refractivity contribution is -0.136. The van der Waals surface area contributed by atoms with Crippen LogP contribution in [-0.2, 0) is 49.6 Å². The van der Waals surface area contributed by atoms with E-state index in [1.54, 1.807) is 30.3 Å². The van der Waals surface area contributed by atoms with Crippen molar-refractivity contribution in [2.45, 2.75) is 186 Å². The van der Waals surface area contributed by atoms with Crippen LogP contribution in [0.5, 0.6) is 0 Å². The Morgan fingerprint density at radius 3 is 1.54 bits per heavy atom. The topological polar surface area (TPSA) is 374 Å². The Labute approximate surface area is 437 Å². The molecular formula is C52H90N12O10. The SMILES string of the molecule is CCCCCCC[C@@H](O)CC(=O)C[C@H](CCN)C(=O)N[C@H]1CCNC(=O)[C@H](CC(C)C)NC(=O)[C@H](CCN)NC(=O)[C@H](CCN)NC(=O)[C@H](CC(C)C)NC(=O)[C@@H](Cc2ccccc2)NC(=O)[C@H](CCN)NC1=O.